The zero-order valence-electron chi connectivity index (χ0n) is 22.4. The molecule has 0 spiro atoms. The van der Waals surface area contributed by atoms with Crippen LogP contribution in [0.15, 0.2) is 113 Å². The first-order valence-corrected chi connectivity index (χ1v) is 13.0. The van der Waals surface area contributed by atoms with Gasteiger partial charge in [-0.1, -0.05) is 85.5 Å². The summed E-state index contributed by atoms with van der Waals surface area (Å²) in [6.45, 7) is 7.12. The van der Waals surface area contributed by atoms with E-state index in [0.717, 1.165) is 12.0 Å². The molecule has 5 rings (SSSR count). The van der Waals surface area contributed by atoms with Gasteiger partial charge in [0.25, 0.3) is 0 Å². The van der Waals surface area contributed by atoms with Crippen LogP contribution in [-0.2, 0) is 6.54 Å². The number of hydrogen-bond acceptors (Lipinski definition) is 8. The van der Waals surface area contributed by atoms with E-state index in [1.165, 1.54) is 0 Å². The fraction of sp³-hybridized carbons (Fsp3) is 0.0909. The number of amidine groups is 1. The maximum Gasteiger partial charge on any atom is 0.330 e. The summed E-state index contributed by atoms with van der Waals surface area (Å²) in [5, 5.41) is 64.8. The van der Waals surface area contributed by atoms with E-state index in [4.69, 9.17) is 4.74 Å². The number of nitrogens with zero attached hydrogens (tertiary/aromatic N) is 2. The summed E-state index contributed by atoms with van der Waals surface area (Å²) in [5.41, 5.74) is 1.37. The number of allylic oxidation sites excluding steroid dienone is 6. The second kappa shape index (κ2) is 11.4. The molecule has 9 nitrogen and oxygen atoms in total. The average Bonchev–Trinajstić information content (AvgIpc) is 3.02. The van der Waals surface area contributed by atoms with E-state index in [9.17, 15) is 30.6 Å². The molecular formula is C33H28N2O7. The van der Waals surface area contributed by atoms with Crippen LogP contribution < -0.4 is 4.74 Å². The minimum Gasteiger partial charge on any atom is -0.504 e. The lowest BCUT2D eigenvalue weighted by molar-refractivity contribution is 0.163. The summed E-state index contributed by atoms with van der Waals surface area (Å²) >= 11 is 0. The third-order valence-corrected chi connectivity index (χ3v) is 7.12. The Morgan fingerprint density at radius 2 is 1.57 bits per heavy atom. The second-order valence-corrected chi connectivity index (χ2v) is 9.63. The molecule has 1 atom stereocenters. The molecule has 0 radical (unpaired) electrons. The lowest BCUT2D eigenvalue weighted by atomic mass is 9.89. The summed E-state index contributed by atoms with van der Waals surface area (Å²) in [6.07, 6.45) is 9.14. The van der Waals surface area contributed by atoms with Gasteiger partial charge in [-0.15, -0.1) is 0 Å². The normalized spacial score (nSPS) is 20.4. The highest BCUT2D eigenvalue weighted by molar-refractivity contribution is 6.09. The molecule has 0 bridgehead atoms. The molecule has 1 aliphatic carbocycles. The highest BCUT2D eigenvalue weighted by Crippen LogP contribution is 2.53. The molecule has 0 aromatic heterocycles. The number of hydrogen-bond donors (Lipinski definition) is 6. The Kier molecular flexibility index (Phi) is 7.57. The number of aliphatic hydroxyl groups is 3. The van der Waals surface area contributed by atoms with Crippen LogP contribution in [0.1, 0.15) is 40.2 Å². The van der Waals surface area contributed by atoms with Gasteiger partial charge in [0.1, 0.15) is 0 Å². The predicted octanol–water partition coefficient (Wildman–Crippen LogP) is 6.71. The molecule has 1 heterocycles. The van der Waals surface area contributed by atoms with E-state index < -0.39 is 40.5 Å². The molecule has 6 N–H and O–H groups in total. The first-order valence-electron chi connectivity index (χ1n) is 13.0. The molecule has 0 saturated heterocycles. The van der Waals surface area contributed by atoms with Crippen LogP contribution in [0.4, 0.5) is 0 Å². The largest absolute Gasteiger partial charge is 0.504 e. The standard InChI is InChI=1S/C33H28N2O7/c1-18-24(21-11-7-4-8-12-21)28(38)30(40)33(41)42-31-25(18)29(39)26(36)23(27(31)37)17-35-32(34-2)22-15-13-20(14-16-22)19-9-5-3-6-10-19/h3-9,11-16,19,36-41H,1-2,10,17H2/b28-24-,33-30+,35-32?. The Morgan fingerprint density at radius 3 is 2.21 bits per heavy atom. The van der Waals surface area contributed by atoms with Crippen LogP contribution in [0.25, 0.3) is 11.1 Å². The van der Waals surface area contributed by atoms with Crippen molar-refractivity contribution in [2.75, 3.05) is 0 Å². The van der Waals surface area contributed by atoms with Gasteiger partial charge in [0.05, 0.1) is 17.7 Å². The molecule has 42 heavy (non-hydrogen) atoms. The smallest absolute Gasteiger partial charge is 0.330 e. The third kappa shape index (κ3) is 4.99. The van der Waals surface area contributed by atoms with Crippen molar-refractivity contribution in [1.82, 2.24) is 0 Å². The van der Waals surface area contributed by atoms with Crippen molar-refractivity contribution in [3.8, 4) is 23.0 Å². The summed E-state index contributed by atoms with van der Waals surface area (Å²) in [4.78, 5) is 8.37. The van der Waals surface area contributed by atoms with Gasteiger partial charge in [-0.3, -0.25) is 4.99 Å². The zero-order valence-corrected chi connectivity index (χ0v) is 22.4. The van der Waals surface area contributed by atoms with Gasteiger partial charge in [-0.25, -0.2) is 4.99 Å². The van der Waals surface area contributed by atoms with E-state index in [2.05, 4.69) is 35.4 Å². The SMILES string of the molecule is C=NC(=NCc1c(O)c(O)c2c(c1O)O/C(O)=C(O)\C(O)=C(\c1ccccc1)C2=C)c1ccc(C2C=CC=CC2)cc1. The summed E-state index contributed by atoms with van der Waals surface area (Å²) in [7, 11) is 0. The van der Waals surface area contributed by atoms with Crippen molar-refractivity contribution in [2.45, 2.75) is 18.9 Å². The minimum absolute atomic E-state index is 0.0783. The predicted molar refractivity (Wildman–Crippen MR) is 161 cm³/mol. The molecule has 1 unspecified atom stereocenters. The Labute approximate surface area is 241 Å². The monoisotopic (exact) mass is 564 g/mol. The topological polar surface area (TPSA) is 155 Å². The Balaban J connectivity index is 1.55. The van der Waals surface area contributed by atoms with Crippen molar-refractivity contribution < 1.29 is 35.4 Å². The lowest BCUT2D eigenvalue weighted by Crippen LogP contribution is -2.10. The fourth-order valence-electron chi connectivity index (χ4n) is 4.91. The van der Waals surface area contributed by atoms with Crippen molar-refractivity contribution in [1.29, 1.82) is 0 Å². The van der Waals surface area contributed by atoms with Crippen LogP contribution in [0.2, 0.25) is 0 Å². The van der Waals surface area contributed by atoms with Crippen molar-refractivity contribution in [2.24, 2.45) is 9.98 Å². The number of fused-ring (bicyclic) bond motifs is 1. The Morgan fingerprint density at radius 1 is 0.857 bits per heavy atom. The van der Waals surface area contributed by atoms with E-state index in [1.807, 2.05) is 36.4 Å². The molecule has 212 valence electrons. The molecule has 1 aliphatic heterocycles. The van der Waals surface area contributed by atoms with E-state index in [1.54, 1.807) is 30.3 Å². The van der Waals surface area contributed by atoms with Gasteiger partial charge in [-0.2, -0.15) is 0 Å². The highest BCUT2D eigenvalue weighted by Gasteiger charge is 2.33. The summed E-state index contributed by atoms with van der Waals surface area (Å²) in [6, 6.07) is 15.9. The third-order valence-electron chi connectivity index (χ3n) is 7.12. The second-order valence-electron chi connectivity index (χ2n) is 9.63. The molecule has 3 aromatic rings. The molecule has 0 amide bonds. The molecule has 0 saturated carbocycles. The number of phenols is 3. The van der Waals surface area contributed by atoms with Gasteiger partial charge in [0.15, 0.2) is 34.6 Å². The summed E-state index contributed by atoms with van der Waals surface area (Å²) in [5.74, 6) is -5.15. The number of phenolic OH excluding ortho intramolecular Hbond substituents is 3. The van der Waals surface area contributed by atoms with Crippen LogP contribution in [0.3, 0.4) is 0 Å². The highest BCUT2D eigenvalue weighted by atomic mass is 16.6. The van der Waals surface area contributed by atoms with E-state index >= 15 is 0 Å². The average molecular weight is 565 g/mol. The molecule has 9 heteroatoms. The van der Waals surface area contributed by atoms with Crippen molar-refractivity contribution in [3.63, 3.8) is 0 Å². The van der Waals surface area contributed by atoms with Crippen LogP contribution in [0, 0.1) is 0 Å². The van der Waals surface area contributed by atoms with Crippen LogP contribution in [-0.4, -0.2) is 43.2 Å². The molecule has 3 aromatic carbocycles. The quantitative estimate of drug-likeness (QED) is 0.0870. The van der Waals surface area contributed by atoms with Gasteiger partial charge in [0, 0.05) is 17.1 Å². The van der Waals surface area contributed by atoms with Gasteiger partial charge >= 0.3 is 5.95 Å². The number of rotatable bonds is 5. The number of aliphatic imine (C=N–C) groups is 2. The van der Waals surface area contributed by atoms with E-state index in [0.29, 0.717) is 11.1 Å². The Hall–Kier alpha value is -5.70. The van der Waals surface area contributed by atoms with Gasteiger partial charge < -0.3 is 35.4 Å². The molecule has 0 fully saturated rings. The number of benzene rings is 3. The lowest BCUT2D eigenvalue weighted by Gasteiger charge is -2.23. The summed E-state index contributed by atoms with van der Waals surface area (Å²) < 4.78 is 5.28. The fourth-order valence-corrected chi connectivity index (χ4v) is 4.91. The van der Waals surface area contributed by atoms with Crippen LogP contribution >= 0.6 is 0 Å². The minimum atomic E-state index is -1.15. The first-order chi connectivity index (χ1) is 20.2. The maximum absolute atomic E-state index is 11.2. The first kappa shape index (κ1) is 27.9. The van der Waals surface area contributed by atoms with Crippen LogP contribution in [0.5, 0.6) is 23.0 Å². The van der Waals surface area contributed by atoms with Crippen molar-refractivity contribution in [3.05, 3.63) is 131 Å². The van der Waals surface area contributed by atoms with Crippen molar-refractivity contribution >= 4 is 23.7 Å². The maximum atomic E-state index is 11.2. The number of aromatic hydroxyl groups is 3. The molecule has 2 aliphatic rings. The van der Waals surface area contributed by atoms with E-state index in [-0.39, 0.29) is 40.6 Å². The number of aliphatic hydroxyl groups excluding tert-OH is 3. The van der Waals surface area contributed by atoms with Gasteiger partial charge in [0.2, 0.25) is 5.76 Å². The Bertz CT molecular complexity index is 1730. The molecular weight excluding hydrogens is 536 g/mol. The van der Waals surface area contributed by atoms with Gasteiger partial charge in [-0.05, 0) is 29.8 Å². The zero-order chi connectivity index (χ0) is 30.0. The number of ether oxygens (including phenoxy) is 1.